The van der Waals surface area contributed by atoms with Gasteiger partial charge in [0.05, 0.1) is 0 Å². The van der Waals surface area contributed by atoms with Gasteiger partial charge in [0.1, 0.15) is 17.7 Å². The average Bonchev–Trinajstić information content (AvgIpc) is 2.64. The fourth-order valence-electron chi connectivity index (χ4n) is 2.45. The van der Waals surface area contributed by atoms with Gasteiger partial charge in [-0.05, 0) is 26.7 Å². The average molecular weight is 328 g/mol. The number of aliphatic hydroxyl groups excluding tert-OH is 2. The standard InChI is InChI=1S/C15H24N2O6/c1-5-7-9(18)11(20)16-13(22)15(3,4)17(14(16)23)12(21)10(19)8-6-2/h9-10,18-19H,5-8H2,1-4H3. The van der Waals surface area contributed by atoms with Crippen molar-refractivity contribution < 1.29 is 29.4 Å². The van der Waals surface area contributed by atoms with Crippen molar-refractivity contribution in [1.29, 1.82) is 0 Å². The van der Waals surface area contributed by atoms with E-state index in [0.717, 1.165) is 0 Å². The molecule has 0 saturated carbocycles. The van der Waals surface area contributed by atoms with Crippen LogP contribution in [0.1, 0.15) is 53.4 Å². The summed E-state index contributed by atoms with van der Waals surface area (Å²) in [6, 6.07) is -1.12. The Balaban J connectivity index is 3.13. The normalized spacial score (nSPS) is 19.9. The lowest BCUT2D eigenvalue weighted by Gasteiger charge is -2.27. The van der Waals surface area contributed by atoms with Gasteiger partial charge in [0, 0.05) is 0 Å². The van der Waals surface area contributed by atoms with Crippen LogP contribution in [0.5, 0.6) is 0 Å². The molecule has 5 amide bonds. The van der Waals surface area contributed by atoms with Gasteiger partial charge in [-0.1, -0.05) is 26.7 Å². The lowest BCUT2D eigenvalue weighted by molar-refractivity contribution is -0.149. The Kier molecular flexibility index (Phi) is 6.01. The van der Waals surface area contributed by atoms with E-state index >= 15 is 0 Å². The summed E-state index contributed by atoms with van der Waals surface area (Å²) in [6.07, 6.45) is -1.67. The number of carbonyl (C=O) groups excluding carboxylic acids is 4. The van der Waals surface area contributed by atoms with Gasteiger partial charge in [0.25, 0.3) is 17.7 Å². The molecule has 130 valence electrons. The first-order chi connectivity index (χ1) is 10.6. The van der Waals surface area contributed by atoms with E-state index in [2.05, 4.69) is 0 Å². The molecule has 2 unspecified atom stereocenters. The van der Waals surface area contributed by atoms with Crippen LogP contribution in [-0.4, -0.2) is 61.5 Å². The highest BCUT2D eigenvalue weighted by atomic mass is 16.3. The van der Waals surface area contributed by atoms with Crippen molar-refractivity contribution >= 4 is 23.8 Å². The molecule has 0 aliphatic carbocycles. The van der Waals surface area contributed by atoms with Gasteiger partial charge < -0.3 is 10.2 Å². The number of hydrogen-bond donors (Lipinski definition) is 2. The molecule has 23 heavy (non-hydrogen) atoms. The Morgan fingerprint density at radius 1 is 1.00 bits per heavy atom. The number of imide groups is 4. The van der Waals surface area contributed by atoms with Crippen LogP contribution in [0.15, 0.2) is 0 Å². The van der Waals surface area contributed by atoms with Gasteiger partial charge in [-0.3, -0.25) is 14.4 Å². The van der Waals surface area contributed by atoms with Gasteiger partial charge in [-0.15, -0.1) is 0 Å². The topological polar surface area (TPSA) is 115 Å². The van der Waals surface area contributed by atoms with Gasteiger partial charge in [0.2, 0.25) is 0 Å². The van der Waals surface area contributed by atoms with Crippen LogP contribution in [-0.2, 0) is 14.4 Å². The third-order valence-electron chi connectivity index (χ3n) is 3.80. The van der Waals surface area contributed by atoms with Crippen LogP contribution >= 0.6 is 0 Å². The molecule has 1 saturated heterocycles. The molecule has 0 aromatic carbocycles. The first-order valence-electron chi connectivity index (χ1n) is 7.73. The molecule has 1 aliphatic heterocycles. The summed E-state index contributed by atoms with van der Waals surface area (Å²) < 4.78 is 0. The van der Waals surface area contributed by atoms with Crippen molar-refractivity contribution in [3.8, 4) is 0 Å². The number of amides is 5. The second-order valence-electron chi connectivity index (χ2n) is 6.10. The zero-order valence-corrected chi connectivity index (χ0v) is 13.9. The summed E-state index contributed by atoms with van der Waals surface area (Å²) in [5.41, 5.74) is -1.59. The molecule has 2 N–H and O–H groups in total. The SMILES string of the molecule is CCCC(O)C(=O)N1C(=O)N(C(=O)C(O)CCC)C(C)(C)C1=O. The third kappa shape index (κ3) is 3.42. The molecule has 1 rings (SSSR count). The van der Waals surface area contributed by atoms with E-state index in [9.17, 15) is 29.4 Å². The van der Waals surface area contributed by atoms with Crippen LogP contribution in [0.4, 0.5) is 4.79 Å². The van der Waals surface area contributed by atoms with E-state index in [1.165, 1.54) is 13.8 Å². The summed E-state index contributed by atoms with van der Waals surface area (Å²) in [7, 11) is 0. The minimum absolute atomic E-state index is 0.0999. The molecule has 0 aromatic rings. The Labute approximate surface area is 135 Å². The summed E-state index contributed by atoms with van der Waals surface area (Å²) in [6.45, 7) is 6.15. The minimum Gasteiger partial charge on any atom is -0.383 e. The molecule has 2 atom stereocenters. The van der Waals surface area contributed by atoms with E-state index < -0.39 is 41.5 Å². The number of nitrogens with zero attached hydrogens (tertiary/aromatic N) is 2. The van der Waals surface area contributed by atoms with E-state index in [4.69, 9.17) is 0 Å². The predicted molar refractivity (Wildman–Crippen MR) is 80.0 cm³/mol. The van der Waals surface area contributed by atoms with Crippen molar-refractivity contribution in [2.24, 2.45) is 0 Å². The van der Waals surface area contributed by atoms with Gasteiger partial charge in [-0.2, -0.15) is 4.90 Å². The number of urea groups is 1. The minimum atomic E-state index is -1.59. The highest BCUT2D eigenvalue weighted by molar-refractivity contribution is 6.23. The maximum absolute atomic E-state index is 12.4. The van der Waals surface area contributed by atoms with Crippen molar-refractivity contribution in [3.05, 3.63) is 0 Å². The van der Waals surface area contributed by atoms with E-state index in [1.807, 2.05) is 0 Å². The zero-order chi connectivity index (χ0) is 17.9. The zero-order valence-electron chi connectivity index (χ0n) is 13.9. The molecular formula is C15H24N2O6. The Hall–Kier alpha value is -1.80. The molecule has 8 nitrogen and oxygen atoms in total. The fourth-order valence-corrected chi connectivity index (χ4v) is 2.45. The number of hydrogen-bond acceptors (Lipinski definition) is 6. The van der Waals surface area contributed by atoms with Gasteiger partial charge >= 0.3 is 6.03 Å². The van der Waals surface area contributed by atoms with Crippen LogP contribution in [0.25, 0.3) is 0 Å². The Bertz CT molecular complexity index is 516. The summed E-state index contributed by atoms with van der Waals surface area (Å²) in [5, 5.41) is 19.6. The van der Waals surface area contributed by atoms with E-state index in [1.54, 1.807) is 13.8 Å². The number of rotatable bonds is 6. The molecule has 1 fully saturated rings. The Morgan fingerprint density at radius 2 is 1.43 bits per heavy atom. The first kappa shape index (κ1) is 19.2. The van der Waals surface area contributed by atoms with E-state index in [0.29, 0.717) is 22.6 Å². The Morgan fingerprint density at radius 3 is 1.87 bits per heavy atom. The van der Waals surface area contributed by atoms with Crippen LogP contribution in [0, 0.1) is 0 Å². The molecule has 1 aliphatic rings. The van der Waals surface area contributed by atoms with E-state index in [-0.39, 0.29) is 12.8 Å². The monoisotopic (exact) mass is 328 g/mol. The molecule has 0 radical (unpaired) electrons. The third-order valence-corrected chi connectivity index (χ3v) is 3.80. The quantitative estimate of drug-likeness (QED) is 0.682. The second-order valence-corrected chi connectivity index (χ2v) is 6.10. The maximum Gasteiger partial charge on any atom is 0.341 e. The lowest BCUT2D eigenvalue weighted by atomic mass is 10.0. The number of carbonyl (C=O) groups is 4. The molecule has 1 heterocycles. The highest BCUT2D eigenvalue weighted by Gasteiger charge is 2.57. The van der Waals surface area contributed by atoms with Crippen molar-refractivity contribution in [2.45, 2.75) is 71.1 Å². The predicted octanol–water partition coefficient (Wildman–Crippen LogP) is 0.404. The van der Waals surface area contributed by atoms with Gasteiger partial charge in [-0.25, -0.2) is 9.69 Å². The fraction of sp³-hybridized carbons (Fsp3) is 0.733. The molecular weight excluding hydrogens is 304 g/mol. The number of aliphatic hydroxyl groups is 2. The lowest BCUT2D eigenvalue weighted by Crippen LogP contribution is -2.51. The smallest absolute Gasteiger partial charge is 0.341 e. The summed E-state index contributed by atoms with van der Waals surface area (Å²) >= 11 is 0. The molecule has 0 bridgehead atoms. The van der Waals surface area contributed by atoms with Crippen molar-refractivity contribution in [3.63, 3.8) is 0 Å². The largest absolute Gasteiger partial charge is 0.383 e. The van der Waals surface area contributed by atoms with Crippen LogP contribution in [0.2, 0.25) is 0 Å². The van der Waals surface area contributed by atoms with Crippen molar-refractivity contribution in [2.75, 3.05) is 0 Å². The van der Waals surface area contributed by atoms with Crippen molar-refractivity contribution in [1.82, 2.24) is 9.80 Å². The highest BCUT2D eigenvalue weighted by Crippen LogP contribution is 2.29. The first-order valence-corrected chi connectivity index (χ1v) is 7.73. The molecule has 0 spiro atoms. The molecule has 0 aromatic heterocycles. The van der Waals surface area contributed by atoms with Crippen LogP contribution < -0.4 is 0 Å². The molecule has 8 heteroatoms. The maximum atomic E-state index is 12.4. The second kappa shape index (κ2) is 7.18. The summed E-state index contributed by atoms with van der Waals surface area (Å²) in [5.74, 6) is -2.86. The van der Waals surface area contributed by atoms with Gasteiger partial charge in [0.15, 0.2) is 0 Å². The van der Waals surface area contributed by atoms with Crippen LogP contribution in [0.3, 0.4) is 0 Å². The summed E-state index contributed by atoms with van der Waals surface area (Å²) in [4.78, 5) is 50.1.